The number of amides is 2. The zero-order valence-corrected chi connectivity index (χ0v) is 21.1. The van der Waals surface area contributed by atoms with Crippen molar-refractivity contribution in [3.8, 4) is 5.75 Å². The maximum absolute atomic E-state index is 13.2. The number of benzene rings is 2. The van der Waals surface area contributed by atoms with E-state index in [-0.39, 0.29) is 23.8 Å². The molecule has 7 heteroatoms. The van der Waals surface area contributed by atoms with E-state index in [1.54, 1.807) is 11.3 Å². The first-order chi connectivity index (χ1) is 17.0. The number of para-hydroxylation sites is 1. The Hall–Kier alpha value is -3.19. The first kappa shape index (κ1) is 23.5. The van der Waals surface area contributed by atoms with Gasteiger partial charge in [-0.25, -0.2) is 4.98 Å². The normalized spacial score (nSPS) is 16.3. The summed E-state index contributed by atoms with van der Waals surface area (Å²) in [6.07, 6.45) is 3.80. The Labute approximate surface area is 210 Å². The van der Waals surface area contributed by atoms with Crippen molar-refractivity contribution in [2.75, 3.05) is 24.5 Å². The standard InChI is InChI=1S/C28H31N3O3S/c1-19(2)34-23-11-9-22(10-12-23)27(32)30-16-13-21(14-17-30)26-29-24(18-35-26)28(33)31-15-5-7-20-6-3-4-8-25(20)31/h3-4,6,8-12,18-19,21H,5,7,13-17H2,1-2H3. The molecule has 1 saturated heterocycles. The number of carbonyl (C=O) groups is 2. The third kappa shape index (κ3) is 5.10. The Kier molecular flexibility index (Phi) is 6.86. The number of anilines is 1. The number of fused-ring (bicyclic) bond motifs is 1. The number of aryl methyl sites for hydroxylation is 1. The fourth-order valence-electron chi connectivity index (χ4n) is 4.92. The Morgan fingerprint density at radius 3 is 2.49 bits per heavy atom. The van der Waals surface area contributed by atoms with E-state index in [0.717, 1.165) is 48.7 Å². The van der Waals surface area contributed by atoms with Crippen LogP contribution in [-0.4, -0.2) is 47.4 Å². The molecule has 2 amide bonds. The van der Waals surface area contributed by atoms with Gasteiger partial charge >= 0.3 is 0 Å². The summed E-state index contributed by atoms with van der Waals surface area (Å²) in [6.45, 7) is 6.08. The van der Waals surface area contributed by atoms with Crippen LogP contribution in [0.15, 0.2) is 53.9 Å². The van der Waals surface area contributed by atoms with Gasteiger partial charge in [0.05, 0.1) is 11.1 Å². The van der Waals surface area contributed by atoms with Crippen molar-refractivity contribution in [2.24, 2.45) is 0 Å². The van der Waals surface area contributed by atoms with E-state index in [0.29, 0.717) is 24.3 Å². The Morgan fingerprint density at radius 1 is 1.00 bits per heavy atom. The van der Waals surface area contributed by atoms with Crippen molar-refractivity contribution < 1.29 is 14.3 Å². The van der Waals surface area contributed by atoms with Crippen LogP contribution >= 0.6 is 11.3 Å². The Balaban J connectivity index is 1.20. The highest BCUT2D eigenvalue weighted by Crippen LogP contribution is 2.33. The molecule has 0 saturated carbocycles. The summed E-state index contributed by atoms with van der Waals surface area (Å²) in [4.78, 5) is 34.8. The third-order valence-corrected chi connectivity index (χ3v) is 7.71. The molecule has 1 fully saturated rings. The molecule has 2 aliphatic rings. The van der Waals surface area contributed by atoms with Gasteiger partial charge in [0.25, 0.3) is 11.8 Å². The minimum Gasteiger partial charge on any atom is -0.491 e. The molecular weight excluding hydrogens is 458 g/mol. The van der Waals surface area contributed by atoms with Crippen LogP contribution in [0.4, 0.5) is 5.69 Å². The van der Waals surface area contributed by atoms with Crippen LogP contribution < -0.4 is 9.64 Å². The summed E-state index contributed by atoms with van der Waals surface area (Å²) < 4.78 is 5.67. The van der Waals surface area contributed by atoms with E-state index in [2.05, 4.69) is 6.07 Å². The lowest BCUT2D eigenvalue weighted by Gasteiger charge is -2.31. The van der Waals surface area contributed by atoms with Gasteiger partial charge in [0.1, 0.15) is 11.4 Å². The molecule has 6 nitrogen and oxygen atoms in total. The van der Waals surface area contributed by atoms with Gasteiger partial charge in [-0.1, -0.05) is 18.2 Å². The molecule has 5 rings (SSSR count). The van der Waals surface area contributed by atoms with Crippen molar-refractivity contribution >= 4 is 28.8 Å². The van der Waals surface area contributed by atoms with E-state index in [4.69, 9.17) is 9.72 Å². The molecule has 0 bridgehead atoms. The fraction of sp³-hybridized carbons (Fsp3) is 0.393. The van der Waals surface area contributed by atoms with Gasteiger partial charge < -0.3 is 14.5 Å². The molecular formula is C28H31N3O3S. The van der Waals surface area contributed by atoms with Crippen LogP contribution in [0.5, 0.6) is 5.75 Å². The fourth-order valence-corrected chi connectivity index (χ4v) is 5.88. The topological polar surface area (TPSA) is 62.7 Å². The summed E-state index contributed by atoms with van der Waals surface area (Å²) >= 11 is 1.57. The van der Waals surface area contributed by atoms with Crippen molar-refractivity contribution in [3.05, 3.63) is 75.7 Å². The van der Waals surface area contributed by atoms with Gasteiger partial charge in [-0.05, 0) is 75.4 Å². The molecule has 0 unspecified atom stereocenters. The third-order valence-electron chi connectivity index (χ3n) is 6.70. The summed E-state index contributed by atoms with van der Waals surface area (Å²) in [5, 5.41) is 2.90. The number of ether oxygens (including phenoxy) is 1. The van der Waals surface area contributed by atoms with E-state index >= 15 is 0 Å². The summed E-state index contributed by atoms with van der Waals surface area (Å²) in [5.74, 6) is 1.09. The molecule has 2 aromatic carbocycles. The van der Waals surface area contributed by atoms with Gasteiger partial charge in [-0.15, -0.1) is 11.3 Å². The number of thiazole rings is 1. The summed E-state index contributed by atoms with van der Waals surface area (Å²) in [7, 11) is 0. The van der Waals surface area contributed by atoms with E-state index in [1.165, 1.54) is 5.56 Å². The smallest absolute Gasteiger partial charge is 0.277 e. The van der Waals surface area contributed by atoms with E-state index < -0.39 is 0 Å². The van der Waals surface area contributed by atoms with Crippen molar-refractivity contribution in [2.45, 2.75) is 51.6 Å². The monoisotopic (exact) mass is 489 g/mol. The lowest BCUT2D eigenvalue weighted by atomic mass is 9.97. The van der Waals surface area contributed by atoms with Crippen molar-refractivity contribution in [3.63, 3.8) is 0 Å². The van der Waals surface area contributed by atoms with Crippen LogP contribution in [-0.2, 0) is 6.42 Å². The predicted molar refractivity (Wildman–Crippen MR) is 139 cm³/mol. The van der Waals surface area contributed by atoms with Gasteiger partial charge in [0.15, 0.2) is 0 Å². The highest BCUT2D eigenvalue weighted by Gasteiger charge is 2.29. The number of piperidine rings is 1. The second-order valence-electron chi connectivity index (χ2n) is 9.52. The summed E-state index contributed by atoms with van der Waals surface area (Å²) in [5.41, 5.74) is 3.45. The van der Waals surface area contributed by atoms with Crippen molar-refractivity contribution in [1.82, 2.24) is 9.88 Å². The average molecular weight is 490 g/mol. The number of hydrogen-bond donors (Lipinski definition) is 0. The zero-order chi connectivity index (χ0) is 24.4. The zero-order valence-electron chi connectivity index (χ0n) is 20.3. The SMILES string of the molecule is CC(C)Oc1ccc(C(=O)N2CCC(c3nc(C(=O)N4CCCc5ccccc54)cs3)CC2)cc1. The molecule has 2 aliphatic heterocycles. The molecule has 3 heterocycles. The molecule has 0 spiro atoms. The highest BCUT2D eigenvalue weighted by molar-refractivity contribution is 7.10. The maximum atomic E-state index is 13.2. The van der Waals surface area contributed by atoms with E-state index in [1.807, 2.05) is 71.5 Å². The minimum absolute atomic E-state index is 0.0165. The largest absolute Gasteiger partial charge is 0.491 e. The summed E-state index contributed by atoms with van der Waals surface area (Å²) in [6, 6.07) is 15.5. The first-order valence-electron chi connectivity index (χ1n) is 12.4. The molecule has 0 aliphatic carbocycles. The van der Waals surface area contributed by atoms with Crippen LogP contribution in [0.1, 0.15) is 70.4 Å². The van der Waals surface area contributed by atoms with Gasteiger partial charge in [-0.3, -0.25) is 9.59 Å². The van der Waals surface area contributed by atoms with Crippen LogP contribution in [0.25, 0.3) is 0 Å². The molecule has 0 radical (unpaired) electrons. The van der Waals surface area contributed by atoms with Crippen LogP contribution in [0.2, 0.25) is 0 Å². The molecule has 0 atom stereocenters. The second kappa shape index (κ2) is 10.2. The molecule has 0 N–H and O–H groups in total. The molecule has 182 valence electrons. The quantitative estimate of drug-likeness (QED) is 0.472. The van der Waals surface area contributed by atoms with Crippen LogP contribution in [0.3, 0.4) is 0 Å². The predicted octanol–water partition coefficient (Wildman–Crippen LogP) is 5.54. The van der Waals surface area contributed by atoms with Gasteiger partial charge in [-0.2, -0.15) is 0 Å². The average Bonchev–Trinajstić information content (AvgIpc) is 3.38. The van der Waals surface area contributed by atoms with E-state index in [9.17, 15) is 9.59 Å². The lowest BCUT2D eigenvalue weighted by Crippen LogP contribution is -2.38. The molecule has 1 aromatic heterocycles. The van der Waals surface area contributed by atoms with Crippen molar-refractivity contribution in [1.29, 1.82) is 0 Å². The Morgan fingerprint density at radius 2 is 1.74 bits per heavy atom. The van der Waals surface area contributed by atoms with Gasteiger partial charge in [0.2, 0.25) is 0 Å². The van der Waals surface area contributed by atoms with Crippen LogP contribution in [0, 0.1) is 0 Å². The number of carbonyl (C=O) groups excluding carboxylic acids is 2. The highest BCUT2D eigenvalue weighted by atomic mass is 32.1. The minimum atomic E-state index is -0.0165. The first-order valence-corrected chi connectivity index (χ1v) is 13.3. The number of likely N-dealkylation sites (tertiary alicyclic amines) is 1. The number of nitrogens with zero attached hydrogens (tertiary/aromatic N) is 3. The molecule has 35 heavy (non-hydrogen) atoms. The Bertz CT molecular complexity index is 1200. The van der Waals surface area contributed by atoms with Gasteiger partial charge in [0, 0.05) is 42.2 Å². The maximum Gasteiger partial charge on any atom is 0.277 e. The number of rotatable bonds is 5. The lowest BCUT2D eigenvalue weighted by molar-refractivity contribution is 0.0713. The second-order valence-corrected chi connectivity index (χ2v) is 10.4. The number of hydrogen-bond acceptors (Lipinski definition) is 5. The number of aromatic nitrogens is 1. The molecule has 3 aromatic rings.